The first-order valence-corrected chi connectivity index (χ1v) is 8.60. The quantitative estimate of drug-likeness (QED) is 0.887. The first kappa shape index (κ1) is 17.9. The molecule has 1 aliphatic rings. The van der Waals surface area contributed by atoms with Gasteiger partial charge in [0.05, 0.1) is 17.4 Å². The number of sulfone groups is 1. The second kappa shape index (κ2) is 7.77. The maximum atomic E-state index is 12.5. The summed E-state index contributed by atoms with van der Waals surface area (Å²) in [7, 11) is -3.01. The fourth-order valence-electron chi connectivity index (χ4n) is 2.44. The van der Waals surface area contributed by atoms with Crippen LogP contribution in [0.25, 0.3) is 0 Å². The van der Waals surface area contributed by atoms with Gasteiger partial charge in [0, 0.05) is 19.6 Å². The predicted molar refractivity (Wildman–Crippen MR) is 85.3 cm³/mol. The van der Waals surface area contributed by atoms with Crippen molar-refractivity contribution >= 4 is 28.2 Å². The van der Waals surface area contributed by atoms with Gasteiger partial charge in [0.15, 0.2) is 9.84 Å². The summed E-state index contributed by atoms with van der Waals surface area (Å²) >= 11 is 0. The van der Waals surface area contributed by atoms with E-state index in [0.29, 0.717) is 13.0 Å². The Morgan fingerprint density at radius 3 is 2.48 bits per heavy atom. The van der Waals surface area contributed by atoms with Gasteiger partial charge < -0.3 is 10.6 Å². The van der Waals surface area contributed by atoms with E-state index in [1.165, 1.54) is 0 Å². The maximum Gasteiger partial charge on any atom is 0.231 e. The van der Waals surface area contributed by atoms with E-state index in [0.717, 1.165) is 5.56 Å². The van der Waals surface area contributed by atoms with E-state index in [1.54, 1.807) is 4.90 Å². The van der Waals surface area contributed by atoms with E-state index >= 15 is 0 Å². The van der Waals surface area contributed by atoms with Crippen LogP contribution in [0.4, 0.5) is 0 Å². The fourth-order valence-corrected chi connectivity index (χ4v) is 3.72. The molecular formula is C14H21ClN2O3S. The van der Waals surface area contributed by atoms with Crippen molar-refractivity contribution in [2.24, 2.45) is 5.73 Å². The summed E-state index contributed by atoms with van der Waals surface area (Å²) in [6, 6.07) is 9.39. The van der Waals surface area contributed by atoms with Crippen molar-refractivity contribution < 1.29 is 13.2 Å². The van der Waals surface area contributed by atoms with E-state index in [4.69, 9.17) is 5.73 Å². The lowest BCUT2D eigenvalue weighted by atomic mass is 9.97. The molecule has 1 heterocycles. The molecule has 21 heavy (non-hydrogen) atoms. The first-order chi connectivity index (χ1) is 9.53. The Labute approximate surface area is 131 Å². The van der Waals surface area contributed by atoms with Gasteiger partial charge in [-0.1, -0.05) is 30.3 Å². The summed E-state index contributed by atoms with van der Waals surface area (Å²) in [5.74, 6) is -0.256. The number of carbonyl (C=O) groups excluding carboxylic acids is 1. The summed E-state index contributed by atoms with van der Waals surface area (Å²) in [4.78, 5) is 14.2. The molecule has 0 spiro atoms. The number of carbonyl (C=O) groups is 1. The zero-order valence-corrected chi connectivity index (χ0v) is 13.4. The van der Waals surface area contributed by atoms with E-state index in [1.807, 2.05) is 30.3 Å². The Kier molecular flexibility index (Phi) is 6.64. The van der Waals surface area contributed by atoms with Crippen LogP contribution in [0, 0.1) is 0 Å². The Balaban J connectivity index is 0.00000220. The molecule has 1 aromatic rings. The first-order valence-electron chi connectivity index (χ1n) is 6.78. The second-order valence-corrected chi connectivity index (χ2v) is 7.33. The molecule has 0 bridgehead atoms. The van der Waals surface area contributed by atoms with E-state index < -0.39 is 15.8 Å². The highest BCUT2D eigenvalue weighted by molar-refractivity contribution is 7.91. The van der Waals surface area contributed by atoms with Crippen molar-refractivity contribution in [1.82, 2.24) is 4.90 Å². The summed E-state index contributed by atoms with van der Waals surface area (Å²) in [6.45, 7) is 0.984. The number of hydrogen-bond donors (Lipinski definition) is 1. The van der Waals surface area contributed by atoms with Gasteiger partial charge in [-0.2, -0.15) is 0 Å². The van der Waals surface area contributed by atoms with Crippen LogP contribution < -0.4 is 5.73 Å². The molecule has 118 valence electrons. The molecule has 7 heteroatoms. The minimum atomic E-state index is -3.01. The molecule has 1 saturated heterocycles. The predicted octanol–water partition coefficient (Wildman–Crippen LogP) is 0.798. The Bertz CT molecular complexity index is 563. The SMILES string of the molecule is Cl.NCC(C(=O)N1CCCS(=O)(=O)CC1)c1ccccc1. The summed E-state index contributed by atoms with van der Waals surface area (Å²) in [5, 5.41) is 0. The molecule has 0 aliphatic carbocycles. The number of benzene rings is 1. The molecule has 1 aromatic carbocycles. The van der Waals surface area contributed by atoms with Gasteiger partial charge in [-0.3, -0.25) is 4.79 Å². The number of nitrogens with two attached hydrogens (primary N) is 1. The number of hydrogen-bond acceptors (Lipinski definition) is 4. The second-order valence-electron chi connectivity index (χ2n) is 5.03. The lowest BCUT2D eigenvalue weighted by Gasteiger charge is -2.25. The zero-order valence-electron chi connectivity index (χ0n) is 11.8. The molecule has 0 aromatic heterocycles. The van der Waals surface area contributed by atoms with Gasteiger partial charge in [-0.25, -0.2) is 8.42 Å². The van der Waals surface area contributed by atoms with Crippen molar-refractivity contribution in [3.63, 3.8) is 0 Å². The number of nitrogens with zero attached hydrogens (tertiary/aromatic N) is 1. The maximum absolute atomic E-state index is 12.5. The summed E-state index contributed by atoms with van der Waals surface area (Å²) in [5.41, 5.74) is 6.62. The monoisotopic (exact) mass is 332 g/mol. The largest absolute Gasteiger partial charge is 0.341 e. The third-order valence-corrected chi connectivity index (χ3v) is 5.32. The molecule has 1 aliphatic heterocycles. The average molecular weight is 333 g/mol. The highest BCUT2D eigenvalue weighted by Crippen LogP contribution is 2.18. The lowest BCUT2D eigenvalue weighted by molar-refractivity contribution is -0.132. The van der Waals surface area contributed by atoms with Crippen LogP contribution in [0.1, 0.15) is 17.9 Å². The van der Waals surface area contributed by atoms with Crippen LogP contribution >= 0.6 is 12.4 Å². The standard InChI is InChI=1S/C14H20N2O3S.ClH/c15-11-13(12-5-2-1-3-6-12)14(17)16-7-4-9-20(18,19)10-8-16;/h1-3,5-6,13H,4,7-11,15H2;1H. The molecule has 0 saturated carbocycles. The lowest BCUT2D eigenvalue weighted by Crippen LogP contribution is -2.39. The van der Waals surface area contributed by atoms with Crippen LogP contribution in [0.3, 0.4) is 0 Å². The van der Waals surface area contributed by atoms with Crippen molar-refractivity contribution in [3.8, 4) is 0 Å². The van der Waals surface area contributed by atoms with Gasteiger partial charge in [-0.15, -0.1) is 12.4 Å². The van der Waals surface area contributed by atoms with Crippen LogP contribution in [0.15, 0.2) is 30.3 Å². The van der Waals surface area contributed by atoms with Gasteiger partial charge in [0.1, 0.15) is 0 Å². The molecule has 1 unspecified atom stereocenters. The fraction of sp³-hybridized carbons (Fsp3) is 0.500. The highest BCUT2D eigenvalue weighted by atomic mass is 35.5. The summed E-state index contributed by atoms with van der Waals surface area (Å²) < 4.78 is 23.2. The van der Waals surface area contributed by atoms with Crippen LogP contribution in [-0.4, -0.2) is 50.4 Å². The minimum Gasteiger partial charge on any atom is -0.341 e. The molecule has 2 rings (SSSR count). The van der Waals surface area contributed by atoms with Gasteiger partial charge in [0.2, 0.25) is 5.91 Å². The van der Waals surface area contributed by atoms with Crippen LogP contribution in [0.5, 0.6) is 0 Å². The third kappa shape index (κ3) is 4.69. The highest BCUT2D eigenvalue weighted by Gasteiger charge is 2.28. The van der Waals surface area contributed by atoms with Gasteiger partial charge >= 0.3 is 0 Å². The van der Waals surface area contributed by atoms with Gasteiger partial charge in [-0.05, 0) is 12.0 Å². The Morgan fingerprint density at radius 1 is 1.19 bits per heavy atom. The van der Waals surface area contributed by atoms with Crippen molar-refractivity contribution in [2.75, 3.05) is 31.1 Å². The third-order valence-electron chi connectivity index (χ3n) is 3.60. The molecule has 5 nitrogen and oxygen atoms in total. The molecule has 2 N–H and O–H groups in total. The molecular weight excluding hydrogens is 312 g/mol. The van der Waals surface area contributed by atoms with Crippen molar-refractivity contribution in [3.05, 3.63) is 35.9 Å². The minimum absolute atomic E-state index is 0. The molecule has 1 amide bonds. The van der Waals surface area contributed by atoms with E-state index in [2.05, 4.69) is 0 Å². The average Bonchev–Trinajstić information content (AvgIpc) is 2.61. The van der Waals surface area contributed by atoms with E-state index in [-0.39, 0.29) is 42.9 Å². The van der Waals surface area contributed by atoms with Crippen LogP contribution in [-0.2, 0) is 14.6 Å². The van der Waals surface area contributed by atoms with E-state index in [9.17, 15) is 13.2 Å². The van der Waals surface area contributed by atoms with Crippen molar-refractivity contribution in [1.29, 1.82) is 0 Å². The van der Waals surface area contributed by atoms with Crippen LogP contribution in [0.2, 0.25) is 0 Å². The summed E-state index contributed by atoms with van der Waals surface area (Å²) in [6.07, 6.45) is 0.500. The molecule has 0 radical (unpaired) electrons. The molecule has 1 atom stereocenters. The Morgan fingerprint density at radius 2 is 1.86 bits per heavy atom. The normalized spacial score (nSPS) is 19.2. The Hall–Kier alpha value is -1.11. The number of halogens is 1. The molecule has 1 fully saturated rings. The number of rotatable bonds is 3. The topological polar surface area (TPSA) is 80.5 Å². The zero-order chi connectivity index (χ0) is 14.6. The smallest absolute Gasteiger partial charge is 0.231 e. The number of amides is 1. The van der Waals surface area contributed by atoms with Gasteiger partial charge in [0.25, 0.3) is 0 Å². The van der Waals surface area contributed by atoms with Crippen molar-refractivity contribution in [2.45, 2.75) is 12.3 Å².